The molecule has 0 unspecified atom stereocenters. The van der Waals surface area contributed by atoms with Crippen LogP contribution in [0.2, 0.25) is 0 Å². The van der Waals surface area contributed by atoms with Gasteiger partial charge in [0.1, 0.15) is 5.75 Å². The average Bonchev–Trinajstić information content (AvgIpc) is 2.42. The number of likely N-dealkylation sites (tertiary alicyclic amines) is 1. The number of ether oxygens (including phenoxy) is 1. The highest BCUT2D eigenvalue weighted by atomic mass is 16.5. The predicted molar refractivity (Wildman–Crippen MR) is 74.5 cm³/mol. The Morgan fingerprint density at radius 3 is 2.68 bits per heavy atom. The fraction of sp³-hybridized carbons (Fsp3) is 0.533. The van der Waals surface area contributed by atoms with Gasteiger partial charge in [-0.05, 0) is 32.9 Å². The number of benzene rings is 1. The summed E-state index contributed by atoms with van der Waals surface area (Å²) in [5.41, 5.74) is 0.524. The van der Waals surface area contributed by atoms with Crippen molar-refractivity contribution < 1.29 is 9.84 Å². The van der Waals surface area contributed by atoms with Crippen LogP contribution in [0.3, 0.4) is 0 Å². The second kappa shape index (κ2) is 5.60. The van der Waals surface area contributed by atoms with E-state index in [1.165, 1.54) is 0 Å². The van der Waals surface area contributed by atoms with Crippen molar-refractivity contribution in [2.24, 2.45) is 0 Å². The van der Waals surface area contributed by atoms with Crippen molar-refractivity contribution in [3.8, 4) is 5.75 Å². The van der Waals surface area contributed by atoms with Crippen LogP contribution >= 0.6 is 0 Å². The van der Waals surface area contributed by atoms with Gasteiger partial charge in [0, 0.05) is 18.7 Å². The first-order valence-corrected chi connectivity index (χ1v) is 6.65. The maximum atomic E-state index is 10.8. The number of nitrogens with zero attached hydrogens (tertiary/aromatic N) is 2. The maximum absolute atomic E-state index is 10.8. The van der Waals surface area contributed by atoms with Gasteiger partial charge >= 0.3 is 0 Å². The Labute approximate surface area is 114 Å². The minimum atomic E-state index is -0.836. The van der Waals surface area contributed by atoms with Crippen LogP contribution < -0.4 is 4.74 Å². The topological polar surface area (TPSA) is 37.1 Å². The molecule has 1 aliphatic heterocycles. The van der Waals surface area contributed by atoms with E-state index in [1.54, 1.807) is 12.1 Å². The van der Waals surface area contributed by atoms with Crippen LogP contribution in [0.15, 0.2) is 18.2 Å². The van der Waals surface area contributed by atoms with Crippen molar-refractivity contribution >= 4 is 5.69 Å². The van der Waals surface area contributed by atoms with E-state index in [0.717, 1.165) is 18.7 Å². The molecule has 19 heavy (non-hydrogen) atoms. The Balaban J connectivity index is 2.35. The molecule has 1 fully saturated rings. The number of rotatable bonds is 3. The van der Waals surface area contributed by atoms with E-state index in [9.17, 15) is 5.11 Å². The zero-order valence-corrected chi connectivity index (χ0v) is 11.5. The molecule has 0 aliphatic carbocycles. The SMILES string of the molecule is [C-]#[N+]c1ccc(C2(O)CCN(C)CC2)c(OCC)c1. The zero-order valence-electron chi connectivity index (χ0n) is 11.5. The van der Waals surface area contributed by atoms with E-state index < -0.39 is 5.60 Å². The second-order valence-electron chi connectivity index (χ2n) is 5.06. The summed E-state index contributed by atoms with van der Waals surface area (Å²) in [5, 5.41) is 10.8. The molecule has 1 saturated heterocycles. The van der Waals surface area contributed by atoms with Gasteiger partial charge in [0.2, 0.25) is 0 Å². The molecule has 0 radical (unpaired) electrons. The highest BCUT2D eigenvalue weighted by Crippen LogP contribution is 2.39. The Kier molecular flexibility index (Phi) is 4.08. The lowest BCUT2D eigenvalue weighted by Crippen LogP contribution is -2.40. The van der Waals surface area contributed by atoms with Gasteiger partial charge in [-0.1, -0.05) is 12.1 Å². The molecule has 2 rings (SSSR count). The van der Waals surface area contributed by atoms with Crippen LogP contribution in [0.5, 0.6) is 5.75 Å². The summed E-state index contributed by atoms with van der Waals surface area (Å²) in [6.45, 7) is 11.2. The van der Waals surface area contributed by atoms with Crippen LogP contribution in [-0.4, -0.2) is 36.8 Å². The van der Waals surface area contributed by atoms with Gasteiger partial charge in [-0.2, -0.15) is 0 Å². The van der Waals surface area contributed by atoms with Gasteiger partial charge in [0.25, 0.3) is 0 Å². The summed E-state index contributed by atoms with van der Waals surface area (Å²) in [7, 11) is 2.06. The molecule has 0 bridgehead atoms. The molecule has 4 heteroatoms. The van der Waals surface area contributed by atoms with Gasteiger partial charge in [-0.15, -0.1) is 0 Å². The van der Waals surface area contributed by atoms with Gasteiger partial charge in [0.15, 0.2) is 5.69 Å². The number of hydrogen-bond donors (Lipinski definition) is 1. The number of hydrogen-bond acceptors (Lipinski definition) is 3. The van der Waals surface area contributed by atoms with Crippen molar-refractivity contribution in [3.05, 3.63) is 35.2 Å². The molecule has 1 heterocycles. The lowest BCUT2D eigenvalue weighted by Gasteiger charge is -2.37. The Morgan fingerprint density at radius 1 is 1.42 bits per heavy atom. The summed E-state index contributed by atoms with van der Waals surface area (Å²) in [4.78, 5) is 5.63. The number of piperidine rings is 1. The summed E-state index contributed by atoms with van der Waals surface area (Å²) < 4.78 is 5.61. The Morgan fingerprint density at radius 2 is 2.11 bits per heavy atom. The zero-order chi connectivity index (χ0) is 13.9. The molecule has 1 aromatic rings. The molecular formula is C15H20N2O2. The smallest absolute Gasteiger partial charge is 0.190 e. The predicted octanol–water partition coefficient (Wildman–Crippen LogP) is 2.55. The van der Waals surface area contributed by atoms with Crippen molar-refractivity contribution in [1.82, 2.24) is 4.90 Å². The van der Waals surface area contributed by atoms with E-state index in [-0.39, 0.29) is 0 Å². The molecule has 0 atom stereocenters. The second-order valence-corrected chi connectivity index (χ2v) is 5.06. The largest absolute Gasteiger partial charge is 0.495 e. The monoisotopic (exact) mass is 260 g/mol. The van der Waals surface area contributed by atoms with Gasteiger partial charge < -0.3 is 14.7 Å². The molecule has 0 saturated carbocycles. The molecule has 0 aromatic heterocycles. The first kappa shape index (κ1) is 13.9. The van der Waals surface area contributed by atoms with Crippen LogP contribution in [-0.2, 0) is 5.60 Å². The molecule has 102 valence electrons. The average molecular weight is 260 g/mol. The van der Waals surface area contributed by atoms with E-state index >= 15 is 0 Å². The molecule has 1 aromatic carbocycles. The van der Waals surface area contributed by atoms with Crippen molar-refractivity contribution in [3.63, 3.8) is 0 Å². The van der Waals surface area contributed by atoms with Crippen LogP contribution in [0, 0.1) is 6.57 Å². The maximum Gasteiger partial charge on any atom is 0.190 e. The summed E-state index contributed by atoms with van der Waals surface area (Å²) >= 11 is 0. The minimum absolute atomic E-state index is 0.532. The fourth-order valence-corrected chi connectivity index (χ4v) is 2.50. The van der Waals surface area contributed by atoms with E-state index in [0.29, 0.717) is 30.9 Å². The highest BCUT2D eigenvalue weighted by molar-refractivity contribution is 5.54. The molecule has 4 nitrogen and oxygen atoms in total. The van der Waals surface area contributed by atoms with Crippen LogP contribution in [0.25, 0.3) is 4.85 Å². The summed E-state index contributed by atoms with van der Waals surface area (Å²) in [6.07, 6.45) is 1.39. The summed E-state index contributed by atoms with van der Waals surface area (Å²) in [6, 6.07) is 5.31. The Bertz CT molecular complexity index is 485. The highest BCUT2D eigenvalue weighted by Gasteiger charge is 2.35. The van der Waals surface area contributed by atoms with Gasteiger partial charge in [0.05, 0.1) is 18.8 Å². The van der Waals surface area contributed by atoms with E-state index in [4.69, 9.17) is 11.3 Å². The standard InChI is InChI=1S/C15H20N2O2/c1-4-19-14-11-12(16-2)5-6-13(14)15(18)7-9-17(3)10-8-15/h5-6,11,18H,4,7-10H2,1,3H3. The molecule has 0 spiro atoms. The normalized spacial score (nSPS) is 18.8. The molecule has 1 N–H and O–H groups in total. The lowest BCUT2D eigenvalue weighted by molar-refractivity contribution is -0.0222. The van der Waals surface area contributed by atoms with Crippen LogP contribution in [0.1, 0.15) is 25.3 Å². The third-order valence-electron chi connectivity index (χ3n) is 3.71. The van der Waals surface area contributed by atoms with E-state index in [2.05, 4.69) is 16.8 Å². The minimum Gasteiger partial charge on any atom is -0.495 e. The van der Waals surface area contributed by atoms with Crippen molar-refractivity contribution in [1.29, 1.82) is 0 Å². The van der Waals surface area contributed by atoms with Gasteiger partial charge in [-0.3, -0.25) is 0 Å². The molecule has 1 aliphatic rings. The first-order valence-electron chi connectivity index (χ1n) is 6.65. The summed E-state index contributed by atoms with van der Waals surface area (Å²) in [5.74, 6) is 0.642. The van der Waals surface area contributed by atoms with Gasteiger partial charge in [-0.25, -0.2) is 4.85 Å². The third kappa shape index (κ3) is 2.89. The number of aliphatic hydroxyl groups is 1. The quantitative estimate of drug-likeness (QED) is 0.849. The first-order chi connectivity index (χ1) is 9.09. The third-order valence-corrected chi connectivity index (χ3v) is 3.71. The Hall–Kier alpha value is -1.57. The molecule has 0 amide bonds. The van der Waals surface area contributed by atoms with Crippen molar-refractivity contribution in [2.45, 2.75) is 25.4 Å². The molecular weight excluding hydrogens is 240 g/mol. The van der Waals surface area contributed by atoms with Crippen molar-refractivity contribution in [2.75, 3.05) is 26.7 Å². The van der Waals surface area contributed by atoms with E-state index in [1.807, 2.05) is 13.0 Å². The lowest BCUT2D eigenvalue weighted by atomic mass is 9.84. The fourth-order valence-electron chi connectivity index (χ4n) is 2.50. The van der Waals surface area contributed by atoms with Crippen LogP contribution in [0.4, 0.5) is 5.69 Å².